The monoisotopic (exact) mass is 532 g/mol. The third-order valence-electron chi connectivity index (χ3n) is 5.31. The second-order valence-corrected chi connectivity index (χ2v) is 7.47. The zero-order valence-electron chi connectivity index (χ0n) is 18.8. The predicted molar refractivity (Wildman–Crippen MR) is 141 cm³/mol. The zero-order chi connectivity index (χ0) is 16.8. The van der Waals surface area contributed by atoms with E-state index in [1.807, 2.05) is 9.85 Å². The molecule has 4 rings (SSSR count). The standard InChI is InChI=1S/C23H21Si.3CH3.2ClH.Zr/c1-14-12-21(23(24)16(14)3)22-15(2)13-20-18(10-7-11-19(20)22)17-8-5-4-6-9-17;;;;;;/h4-11,13,22H,24H2,1-3H3;3*1H3;2*1H;/q4*-1;;;+4. The maximum Gasteiger partial charge on any atom is 4.00 e. The Morgan fingerprint density at radius 2 is 1.43 bits per heavy atom. The summed E-state index contributed by atoms with van der Waals surface area (Å²) in [5.41, 5.74) is 10.9. The van der Waals surface area contributed by atoms with Crippen LogP contribution in [0.4, 0.5) is 0 Å². The molecule has 1 atom stereocenters. The van der Waals surface area contributed by atoms with Crippen LogP contribution in [0.2, 0.25) is 0 Å². The average molecular weight is 535 g/mol. The predicted octanol–water partition coefficient (Wildman–Crippen LogP) is 6.93. The molecule has 0 aliphatic heterocycles. The van der Waals surface area contributed by atoms with Crippen molar-refractivity contribution >= 4 is 45.9 Å². The van der Waals surface area contributed by atoms with Crippen molar-refractivity contribution in [1.29, 1.82) is 0 Å². The molecule has 0 radical (unpaired) electrons. The Bertz CT molecular complexity index is 956. The van der Waals surface area contributed by atoms with E-state index in [4.69, 9.17) is 0 Å². The van der Waals surface area contributed by atoms with Crippen LogP contribution in [0.15, 0.2) is 70.8 Å². The third kappa shape index (κ3) is 5.71. The Labute approximate surface area is 219 Å². The van der Waals surface area contributed by atoms with Crippen LogP contribution in [0.1, 0.15) is 37.8 Å². The van der Waals surface area contributed by atoms with Gasteiger partial charge in [0.15, 0.2) is 0 Å². The second-order valence-electron chi connectivity index (χ2n) is 6.76. The van der Waals surface area contributed by atoms with E-state index in [1.165, 1.54) is 49.7 Å². The van der Waals surface area contributed by atoms with Crippen molar-refractivity contribution < 1.29 is 26.2 Å². The Hall–Kier alpha value is -0.790. The SMILES string of the molecule is CC1=Cc2c(-c3ccccc3)cccc2C1C1=[C-]C(C)=C(C)C1=[SiH2].Cl.Cl.[CH3-].[CH3-].[CH3-].[Zr+4]. The van der Waals surface area contributed by atoms with Crippen LogP contribution < -0.4 is 0 Å². The van der Waals surface area contributed by atoms with Gasteiger partial charge >= 0.3 is 26.2 Å². The van der Waals surface area contributed by atoms with Crippen LogP contribution in [-0.4, -0.2) is 15.0 Å². The van der Waals surface area contributed by atoms with Gasteiger partial charge in [0.2, 0.25) is 0 Å². The average Bonchev–Trinajstić information content (AvgIpc) is 3.06. The maximum absolute atomic E-state index is 3.65. The molecule has 2 aliphatic rings. The van der Waals surface area contributed by atoms with Gasteiger partial charge in [-0.05, 0) is 29.2 Å². The van der Waals surface area contributed by atoms with Gasteiger partial charge in [-0.2, -0.15) is 28.0 Å². The van der Waals surface area contributed by atoms with Crippen LogP contribution in [-0.2, 0) is 26.2 Å². The number of benzene rings is 2. The van der Waals surface area contributed by atoms with E-state index in [9.17, 15) is 0 Å². The number of allylic oxidation sites excluding steroid dienone is 5. The van der Waals surface area contributed by atoms with E-state index in [0.29, 0.717) is 5.92 Å². The number of hydrogen-bond donors (Lipinski definition) is 0. The van der Waals surface area contributed by atoms with Gasteiger partial charge in [-0.3, -0.25) is 0 Å². The largest absolute Gasteiger partial charge is 4.00 e. The molecule has 0 aromatic heterocycles. The summed E-state index contributed by atoms with van der Waals surface area (Å²) in [5, 5.41) is 1.42. The van der Waals surface area contributed by atoms with Crippen molar-refractivity contribution in [3.05, 3.63) is 110 Å². The van der Waals surface area contributed by atoms with E-state index in [1.54, 1.807) is 0 Å². The summed E-state index contributed by atoms with van der Waals surface area (Å²) in [4.78, 5) is 0. The van der Waals surface area contributed by atoms with Gasteiger partial charge in [0, 0.05) is 5.92 Å². The molecule has 1 unspecified atom stereocenters. The molecule has 0 fully saturated rings. The first kappa shape index (κ1) is 33.8. The van der Waals surface area contributed by atoms with Crippen LogP contribution in [0, 0.1) is 28.4 Å². The zero-order valence-corrected chi connectivity index (χ0v) is 24.3. The molecule has 2 aliphatic carbocycles. The smallest absolute Gasteiger partial charge is 0.358 e. The summed E-state index contributed by atoms with van der Waals surface area (Å²) in [5.74, 6) is 0.351. The van der Waals surface area contributed by atoms with Gasteiger partial charge in [0.1, 0.15) is 0 Å². The molecular weight excluding hydrogens is 503 g/mol. The summed E-state index contributed by atoms with van der Waals surface area (Å²) in [6, 6.07) is 17.4. The molecule has 0 bridgehead atoms. The van der Waals surface area contributed by atoms with E-state index < -0.39 is 0 Å². The molecule has 2 aromatic rings. The van der Waals surface area contributed by atoms with Crippen molar-refractivity contribution in [3.8, 4) is 11.1 Å². The quantitative estimate of drug-likeness (QED) is 0.290. The minimum absolute atomic E-state index is 0. The van der Waals surface area contributed by atoms with Gasteiger partial charge in [-0.1, -0.05) is 83.9 Å². The molecule has 0 amide bonds. The molecule has 158 valence electrons. The van der Waals surface area contributed by atoms with E-state index in [2.05, 4.69) is 81.5 Å². The molecule has 0 saturated carbocycles. The van der Waals surface area contributed by atoms with Crippen LogP contribution in [0.25, 0.3) is 17.2 Å². The van der Waals surface area contributed by atoms with Gasteiger partial charge < -0.3 is 22.3 Å². The topological polar surface area (TPSA) is 0 Å². The van der Waals surface area contributed by atoms with Crippen LogP contribution in [0.3, 0.4) is 0 Å². The minimum atomic E-state index is 0. The summed E-state index contributed by atoms with van der Waals surface area (Å²) in [6.07, 6.45) is 6.02. The Kier molecular flexibility index (Phi) is 15.3. The fourth-order valence-corrected chi connectivity index (χ4v) is 4.41. The number of rotatable bonds is 2. The van der Waals surface area contributed by atoms with Crippen LogP contribution in [0.5, 0.6) is 0 Å². The van der Waals surface area contributed by atoms with Crippen LogP contribution >= 0.6 is 24.8 Å². The van der Waals surface area contributed by atoms with E-state index in [-0.39, 0.29) is 73.3 Å². The Morgan fingerprint density at radius 3 is 1.97 bits per heavy atom. The number of fused-ring (bicyclic) bond motifs is 1. The van der Waals surface area contributed by atoms with Crippen molar-refractivity contribution in [2.75, 3.05) is 0 Å². The van der Waals surface area contributed by atoms with Gasteiger partial charge in [-0.25, -0.2) is 0 Å². The Morgan fingerprint density at radius 1 is 0.833 bits per heavy atom. The van der Waals surface area contributed by atoms with Gasteiger partial charge in [0.25, 0.3) is 0 Å². The fourth-order valence-electron chi connectivity index (χ4n) is 3.85. The van der Waals surface area contributed by atoms with Crippen molar-refractivity contribution in [3.63, 3.8) is 0 Å². The molecule has 4 heteroatoms. The number of hydrogen-bond acceptors (Lipinski definition) is 0. The summed E-state index contributed by atoms with van der Waals surface area (Å²) < 4.78 is 0. The van der Waals surface area contributed by atoms with E-state index >= 15 is 0 Å². The first-order valence-corrected chi connectivity index (χ1v) is 9.16. The molecule has 0 saturated heterocycles. The first-order valence-electron chi connectivity index (χ1n) is 8.45. The van der Waals surface area contributed by atoms with Crippen molar-refractivity contribution in [2.24, 2.45) is 0 Å². The molecule has 2 aromatic carbocycles. The fraction of sp³-hybridized carbons (Fsp3) is 0.154. The third-order valence-corrected chi connectivity index (χ3v) is 6.23. The molecule has 0 heterocycles. The summed E-state index contributed by atoms with van der Waals surface area (Å²) in [6.45, 7) is 6.64. The second kappa shape index (κ2) is 13.6. The molecular formula is C26H32Cl2SiZr. The summed E-state index contributed by atoms with van der Waals surface area (Å²) in [7, 11) is 2.01. The maximum atomic E-state index is 3.65. The molecule has 0 N–H and O–H groups in total. The van der Waals surface area contributed by atoms with Crippen molar-refractivity contribution in [2.45, 2.75) is 26.7 Å². The van der Waals surface area contributed by atoms with Gasteiger partial charge in [0.05, 0.1) is 0 Å². The van der Waals surface area contributed by atoms with Gasteiger partial charge in [-0.15, -0.1) is 24.8 Å². The minimum Gasteiger partial charge on any atom is -0.358 e. The number of halogens is 2. The first-order chi connectivity index (χ1) is 11.6. The van der Waals surface area contributed by atoms with E-state index in [0.717, 1.165) is 0 Å². The Balaban J connectivity index is -0.00000121. The summed E-state index contributed by atoms with van der Waals surface area (Å²) >= 11 is 0. The normalized spacial score (nSPS) is 15.6. The van der Waals surface area contributed by atoms with Crippen molar-refractivity contribution in [1.82, 2.24) is 0 Å². The molecule has 30 heavy (non-hydrogen) atoms. The molecule has 0 nitrogen and oxygen atoms in total. The molecule has 0 spiro atoms.